The maximum atomic E-state index is 6.63. The van der Waals surface area contributed by atoms with Crippen LogP contribution in [0.25, 0.3) is 117 Å². The van der Waals surface area contributed by atoms with Gasteiger partial charge in [-0.15, -0.1) is 0 Å². The molecular formula is C60H40N4O. The summed E-state index contributed by atoms with van der Waals surface area (Å²) in [7, 11) is 0. The molecule has 3 aromatic heterocycles. The fourth-order valence-corrected chi connectivity index (χ4v) is 10.3. The lowest BCUT2D eigenvalue weighted by molar-refractivity contribution is 0.661. The normalized spacial score (nSPS) is 12.9. The molecule has 0 fully saturated rings. The van der Waals surface area contributed by atoms with Gasteiger partial charge >= 0.3 is 0 Å². The van der Waals surface area contributed by atoms with Gasteiger partial charge in [0.05, 0.1) is 11.0 Å². The van der Waals surface area contributed by atoms with Crippen LogP contribution >= 0.6 is 0 Å². The number of nitrogens with zero attached hydrogens (tertiary/aromatic N) is 4. The number of hydrogen-bond donors (Lipinski definition) is 0. The standard InChI is InChI=1S/C60H40N4O/c1-60(2)50-27-15-14-24-43(50)46-35-48-47-33-39(29-31-52(47)64(53(48)36-51(46)60)41-21-10-5-11-22-41)40-30-32-54-49(34-40)56-44(26-16-28-55(56)65-54)42-23-12-13-25-45(42)59-62-57(37-17-6-3-7-18-37)61-58(63-59)38-19-8-4-9-20-38/h3-36H,1-2H3. The molecule has 306 valence electrons. The van der Waals surface area contributed by atoms with Gasteiger partial charge in [-0.05, 0) is 99.1 Å². The van der Waals surface area contributed by atoms with Crippen LogP contribution in [0.15, 0.2) is 211 Å². The Balaban J connectivity index is 0.988. The van der Waals surface area contributed by atoms with Crippen molar-refractivity contribution in [1.29, 1.82) is 0 Å². The van der Waals surface area contributed by atoms with Crippen molar-refractivity contribution in [1.82, 2.24) is 19.5 Å². The first-order valence-corrected chi connectivity index (χ1v) is 22.2. The average Bonchev–Trinajstić information content (AvgIpc) is 3.98. The van der Waals surface area contributed by atoms with Crippen molar-refractivity contribution < 1.29 is 4.42 Å². The van der Waals surface area contributed by atoms with E-state index < -0.39 is 0 Å². The Labute approximate surface area is 376 Å². The molecule has 5 nitrogen and oxygen atoms in total. The second-order valence-electron chi connectivity index (χ2n) is 17.6. The van der Waals surface area contributed by atoms with E-state index in [2.05, 4.69) is 164 Å². The molecule has 5 heteroatoms. The molecule has 0 unspecified atom stereocenters. The largest absolute Gasteiger partial charge is 0.456 e. The molecule has 1 aliphatic carbocycles. The number of hydrogen-bond acceptors (Lipinski definition) is 4. The molecule has 0 aliphatic heterocycles. The summed E-state index contributed by atoms with van der Waals surface area (Å²) in [6.45, 7) is 4.71. The van der Waals surface area contributed by atoms with E-state index in [4.69, 9.17) is 19.4 Å². The van der Waals surface area contributed by atoms with E-state index in [1.54, 1.807) is 0 Å². The van der Waals surface area contributed by atoms with E-state index in [0.29, 0.717) is 17.5 Å². The Morgan fingerprint density at radius 3 is 1.66 bits per heavy atom. The van der Waals surface area contributed by atoms with E-state index in [1.807, 2.05) is 60.7 Å². The van der Waals surface area contributed by atoms with Crippen molar-refractivity contribution in [2.75, 3.05) is 0 Å². The van der Waals surface area contributed by atoms with E-state index in [-0.39, 0.29) is 5.41 Å². The summed E-state index contributed by atoms with van der Waals surface area (Å²) in [6, 6.07) is 73.0. The highest BCUT2D eigenvalue weighted by atomic mass is 16.3. The average molecular weight is 833 g/mol. The maximum absolute atomic E-state index is 6.63. The lowest BCUT2D eigenvalue weighted by atomic mass is 9.82. The van der Waals surface area contributed by atoms with Crippen LogP contribution in [-0.2, 0) is 5.41 Å². The Kier molecular flexibility index (Phi) is 8.18. The third-order valence-electron chi connectivity index (χ3n) is 13.5. The monoisotopic (exact) mass is 832 g/mol. The first-order valence-electron chi connectivity index (χ1n) is 22.2. The van der Waals surface area contributed by atoms with Crippen molar-refractivity contribution in [3.05, 3.63) is 217 Å². The zero-order valence-electron chi connectivity index (χ0n) is 35.8. The van der Waals surface area contributed by atoms with Crippen molar-refractivity contribution in [3.8, 4) is 73.2 Å². The number of aromatic nitrogens is 4. The number of rotatable bonds is 6. The lowest BCUT2D eigenvalue weighted by Crippen LogP contribution is -2.14. The molecule has 65 heavy (non-hydrogen) atoms. The van der Waals surface area contributed by atoms with Gasteiger partial charge < -0.3 is 8.98 Å². The van der Waals surface area contributed by atoms with Gasteiger partial charge in [-0.3, -0.25) is 0 Å². The van der Waals surface area contributed by atoms with Crippen LogP contribution in [0.5, 0.6) is 0 Å². The second kappa shape index (κ2) is 14.3. The summed E-state index contributed by atoms with van der Waals surface area (Å²) in [5, 5.41) is 4.57. The lowest BCUT2D eigenvalue weighted by Gasteiger charge is -2.21. The highest BCUT2D eigenvalue weighted by molar-refractivity contribution is 6.16. The summed E-state index contributed by atoms with van der Waals surface area (Å²) in [5.41, 5.74) is 17.6. The smallest absolute Gasteiger partial charge is 0.164 e. The van der Waals surface area contributed by atoms with Crippen molar-refractivity contribution in [3.63, 3.8) is 0 Å². The summed E-state index contributed by atoms with van der Waals surface area (Å²) in [4.78, 5) is 15.2. The fourth-order valence-electron chi connectivity index (χ4n) is 10.3. The number of para-hydroxylation sites is 1. The third-order valence-corrected chi connectivity index (χ3v) is 13.5. The highest BCUT2D eigenvalue weighted by Gasteiger charge is 2.36. The van der Waals surface area contributed by atoms with Crippen molar-refractivity contribution >= 4 is 43.7 Å². The minimum absolute atomic E-state index is 0.104. The van der Waals surface area contributed by atoms with Gasteiger partial charge in [0.15, 0.2) is 17.5 Å². The third kappa shape index (κ3) is 5.82. The first kappa shape index (κ1) is 37.2. The molecule has 12 aromatic rings. The Bertz CT molecular complexity index is 3790. The zero-order valence-corrected chi connectivity index (χ0v) is 35.8. The van der Waals surface area contributed by atoms with Gasteiger partial charge in [0.1, 0.15) is 11.2 Å². The Morgan fingerprint density at radius 2 is 0.938 bits per heavy atom. The van der Waals surface area contributed by atoms with E-state index in [0.717, 1.165) is 66.6 Å². The second-order valence-corrected chi connectivity index (χ2v) is 17.6. The minimum atomic E-state index is -0.104. The van der Waals surface area contributed by atoms with Crippen LogP contribution in [0.4, 0.5) is 0 Å². The first-order chi connectivity index (χ1) is 32.0. The van der Waals surface area contributed by atoms with Crippen molar-refractivity contribution in [2.24, 2.45) is 0 Å². The Morgan fingerprint density at radius 1 is 0.369 bits per heavy atom. The van der Waals surface area contributed by atoms with Crippen LogP contribution in [0.3, 0.4) is 0 Å². The summed E-state index contributed by atoms with van der Waals surface area (Å²) in [5.74, 6) is 1.87. The van der Waals surface area contributed by atoms with Crippen molar-refractivity contribution in [2.45, 2.75) is 19.3 Å². The topological polar surface area (TPSA) is 56.7 Å². The quantitative estimate of drug-likeness (QED) is 0.167. The number of furan rings is 1. The molecular weight excluding hydrogens is 793 g/mol. The predicted molar refractivity (Wildman–Crippen MR) is 266 cm³/mol. The summed E-state index contributed by atoms with van der Waals surface area (Å²) < 4.78 is 9.06. The molecule has 13 rings (SSSR count). The van der Waals surface area contributed by atoms with Gasteiger partial charge in [0, 0.05) is 49.3 Å². The fraction of sp³-hybridized carbons (Fsp3) is 0.0500. The minimum Gasteiger partial charge on any atom is -0.456 e. The van der Waals surface area contributed by atoms with E-state index >= 15 is 0 Å². The van der Waals surface area contributed by atoms with Gasteiger partial charge in [0.2, 0.25) is 0 Å². The van der Waals surface area contributed by atoms with Gasteiger partial charge in [-0.1, -0.05) is 166 Å². The maximum Gasteiger partial charge on any atom is 0.164 e. The van der Waals surface area contributed by atoms with E-state index in [9.17, 15) is 0 Å². The molecule has 0 spiro atoms. The van der Waals surface area contributed by atoms with Crippen LogP contribution in [0.1, 0.15) is 25.0 Å². The SMILES string of the molecule is CC1(C)c2ccccc2-c2cc3c4cc(-c5ccc6oc7cccc(-c8ccccc8-c8nc(-c9ccccc9)nc(-c9ccccc9)n8)c7c6c5)ccc4n(-c4ccccc4)c3cc21. The van der Waals surface area contributed by atoms with Crippen LogP contribution in [0.2, 0.25) is 0 Å². The molecule has 0 bridgehead atoms. The molecule has 0 radical (unpaired) electrons. The zero-order chi connectivity index (χ0) is 43.2. The van der Waals surface area contributed by atoms with Crippen LogP contribution < -0.4 is 0 Å². The van der Waals surface area contributed by atoms with Gasteiger partial charge in [-0.25, -0.2) is 15.0 Å². The number of benzene rings is 9. The van der Waals surface area contributed by atoms with Gasteiger partial charge in [0.25, 0.3) is 0 Å². The van der Waals surface area contributed by atoms with Crippen LogP contribution in [-0.4, -0.2) is 19.5 Å². The molecule has 0 amide bonds. The van der Waals surface area contributed by atoms with Gasteiger partial charge in [-0.2, -0.15) is 0 Å². The summed E-state index contributed by atoms with van der Waals surface area (Å²) in [6.07, 6.45) is 0. The molecule has 3 heterocycles. The highest BCUT2D eigenvalue weighted by Crippen LogP contribution is 2.51. The molecule has 0 saturated heterocycles. The molecule has 1 aliphatic rings. The Hall–Kier alpha value is -8.41. The number of fused-ring (bicyclic) bond motifs is 9. The van der Waals surface area contributed by atoms with E-state index in [1.165, 1.54) is 44.1 Å². The predicted octanol–water partition coefficient (Wildman–Crippen LogP) is 15.5. The molecule has 0 atom stereocenters. The summed E-state index contributed by atoms with van der Waals surface area (Å²) >= 11 is 0. The molecule has 0 N–H and O–H groups in total. The van der Waals surface area contributed by atoms with Crippen LogP contribution in [0, 0.1) is 0 Å². The molecule has 9 aromatic carbocycles. The molecule has 0 saturated carbocycles.